The molecule has 1 atom stereocenters. The van der Waals surface area contributed by atoms with Gasteiger partial charge in [0.25, 0.3) is 0 Å². The van der Waals surface area contributed by atoms with Crippen molar-refractivity contribution < 1.29 is 33.3 Å². The highest BCUT2D eigenvalue weighted by Gasteiger charge is 2.47. The zero-order valence-electron chi connectivity index (χ0n) is 20.9. The summed E-state index contributed by atoms with van der Waals surface area (Å²) in [4.78, 5) is 37.4. The van der Waals surface area contributed by atoms with E-state index in [9.17, 15) is 14.4 Å². The first kappa shape index (κ1) is 27.9. The first-order valence-electron chi connectivity index (χ1n) is 11.6. The third-order valence-corrected chi connectivity index (χ3v) is 4.85. The molecular weight excluding hydrogens is 450 g/mol. The molecule has 0 bridgehead atoms. The Bertz CT molecular complexity index is 967. The Kier molecular flexibility index (Phi) is 10.3. The van der Waals surface area contributed by atoms with E-state index >= 15 is 0 Å². The zero-order chi connectivity index (χ0) is 25.9. The van der Waals surface area contributed by atoms with E-state index in [1.807, 2.05) is 30.3 Å². The molecule has 0 radical (unpaired) electrons. The molecule has 2 rings (SSSR count). The summed E-state index contributed by atoms with van der Waals surface area (Å²) < 4.78 is 21.4. The average molecular weight is 486 g/mol. The summed E-state index contributed by atoms with van der Waals surface area (Å²) in [6.07, 6.45) is 0.694. The maximum atomic E-state index is 13.0. The van der Waals surface area contributed by atoms with Gasteiger partial charge in [0, 0.05) is 12.8 Å². The molecule has 0 aliphatic carbocycles. The molecule has 0 fully saturated rings. The van der Waals surface area contributed by atoms with Crippen LogP contribution in [0.1, 0.15) is 51.7 Å². The standard InChI is InChI=1S/C27H35NO7/c1-5-32-23(29)12-9-17-33-22-15-13-20(14-16-22)18-27(28,25(31)35-26(2,3)4)24(30)34-19-21-10-7-6-8-11-21/h6-8,10-11,13-16H,5,9,12,17-19,28H2,1-4H3. The van der Waals surface area contributed by atoms with Gasteiger partial charge >= 0.3 is 17.9 Å². The van der Waals surface area contributed by atoms with Crippen LogP contribution in [0.2, 0.25) is 0 Å². The fourth-order valence-electron chi connectivity index (χ4n) is 3.11. The predicted octanol–water partition coefficient (Wildman–Crippen LogP) is 3.73. The second-order valence-corrected chi connectivity index (χ2v) is 9.11. The van der Waals surface area contributed by atoms with E-state index in [-0.39, 0.29) is 25.4 Å². The Morgan fingerprint density at radius 2 is 1.51 bits per heavy atom. The van der Waals surface area contributed by atoms with Gasteiger partial charge in [-0.25, -0.2) is 9.59 Å². The molecule has 0 spiro atoms. The van der Waals surface area contributed by atoms with Crippen molar-refractivity contribution in [1.82, 2.24) is 0 Å². The van der Waals surface area contributed by atoms with E-state index in [1.165, 1.54) is 0 Å². The number of carbonyl (C=O) groups excluding carboxylic acids is 3. The first-order valence-corrected chi connectivity index (χ1v) is 11.6. The Labute approximate surface area is 206 Å². The number of esters is 3. The summed E-state index contributed by atoms with van der Waals surface area (Å²) in [5.41, 5.74) is 4.91. The molecule has 0 saturated heterocycles. The number of rotatable bonds is 12. The molecule has 8 nitrogen and oxygen atoms in total. The summed E-state index contributed by atoms with van der Waals surface area (Å²) in [6.45, 7) is 7.56. The zero-order valence-corrected chi connectivity index (χ0v) is 20.9. The van der Waals surface area contributed by atoms with Crippen molar-refractivity contribution in [3.8, 4) is 5.75 Å². The van der Waals surface area contributed by atoms with Crippen molar-refractivity contribution in [3.05, 3.63) is 65.7 Å². The lowest BCUT2D eigenvalue weighted by Crippen LogP contribution is -2.59. The quantitative estimate of drug-likeness (QED) is 0.209. The lowest BCUT2D eigenvalue weighted by Gasteiger charge is -2.29. The van der Waals surface area contributed by atoms with Crippen LogP contribution in [0, 0.1) is 0 Å². The molecule has 0 aliphatic rings. The summed E-state index contributed by atoms with van der Waals surface area (Å²) >= 11 is 0. The second kappa shape index (κ2) is 12.9. The molecule has 0 saturated carbocycles. The number of hydrogen-bond donors (Lipinski definition) is 1. The summed E-state index contributed by atoms with van der Waals surface area (Å²) in [6, 6.07) is 16.0. The van der Waals surface area contributed by atoms with Crippen molar-refractivity contribution in [1.29, 1.82) is 0 Å². The van der Waals surface area contributed by atoms with Crippen LogP contribution in [0.25, 0.3) is 0 Å². The molecule has 0 heterocycles. The van der Waals surface area contributed by atoms with Crippen LogP contribution in [0.5, 0.6) is 5.75 Å². The van der Waals surface area contributed by atoms with Crippen molar-refractivity contribution >= 4 is 17.9 Å². The Morgan fingerprint density at radius 1 is 0.857 bits per heavy atom. The van der Waals surface area contributed by atoms with E-state index in [0.717, 1.165) is 5.56 Å². The van der Waals surface area contributed by atoms with E-state index in [2.05, 4.69) is 0 Å². The van der Waals surface area contributed by atoms with Crippen LogP contribution < -0.4 is 10.5 Å². The van der Waals surface area contributed by atoms with Crippen molar-refractivity contribution in [2.75, 3.05) is 13.2 Å². The van der Waals surface area contributed by atoms with Gasteiger partial charge in [-0.1, -0.05) is 42.5 Å². The summed E-state index contributed by atoms with van der Waals surface area (Å²) in [5, 5.41) is 0. The average Bonchev–Trinajstić information content (AvgIpc) is 2.81. The van der Waals surface area contributed by atoms with E-state index in [4.69, 9.17) is 24.7 Å². The third kappa shape index (κ3) is 9.41. The largest absolute Gasteiger partial charge is 0.494 e. The number of carbonyl (C=O) groups is 3. The van der Waals surface area contributed by atoms with Gasteiger partial charge in [-0.3, -0.25) is 4.79 Å². The molecule has 2 aromatic rings. The van der Waals surface area contributed by atoms with Gasteiger partial charge < -0.3 is 24.7 Å². The van der Waals surface area contributed by atoms with Gasteiger partial charge in [0.1, 0.15) is 18.0 Å². The maximum Gasteiger partial charge on any atom is 0.338 e. The van der Waals surface area contributed by atoms with Gasteiger partial charge in [0.05, 0.1) is 13.2 Å². The Morgan fingerprint density at radius 3 is 2.11 bits per heavy atom. The van der Waals surface area contributed by atoms with Gasteiger partial charge in [-0.15, -0.1) is 0 Å². The third-order valence-electron chi connectivity index (χ3n) is 4.85. The SMILES string of the molecule is CCOC(=O)CCCOc1ccc(CC(N)(C(=O)OCc2ccccc2)C(=O)OC(C)(C)C)cc1. The molecule has 2 N–H and O–H groups in total. The molecule has 0 aromatic heterocycles. The predicted molar refractivity (Wildman–Crippen MR) is 131 cm³/mol. The highest BCUT2D eigenvalue weighted by molar-refractivity contribution is 6.05. The topological polar surface area (TPSA) is 114 Å². The van der Waals surface area contributed by atoms with Gasteiger partial charge in [-0.2, -0.15) is 0 Å². The number of ether oxygens (including phenoxy) is 4. The fourth-order valence-corrected chi connectivity index (χ4v) is 3.11. The summed E-state index contributed by atoms with van der Waals surface area (Å²) in [5.74, 6) is -1.39. The molecule has 8 heteroatoms. The first-order chi connectivity index (χ1) is 16.5. The van der Waals surface area contributed by atoms with Crippen LogP contribution in [0.15, 0.2) is 54.6 Å². The normalized spacial score (nSPS) is 12.8. The van der Waals surface area contributed by atoms with Crippen LogP contribution in [-0.2, 0) is 41.6 Å². The molecule has 35 heavy (non-hydrogen) atoms. The Hall–Kier alpha value is -3.39. The number of nitrogens with two attached hydrogens (primary N) is 1. The van der Waals surface area contributed by atoms with Crippen LogP contribution in [-0.4, -0.2) is 42.3 Å². The molecule has 1 unspecified atom stereocenters. The van der Waals surface area contributed by atoms with E-state index in [1.54, 1.807) is 52.0 Å². The van der Waals surface area contributed by atoms with Crippen LogP contribution >= 0.6 is 0 Å². The number of benzene rings is 2. The highest BCUT2D eigenvalue weighted by atomic mass is 16.6. The minimum Gasteiger partial charge on any atom is -0.494 e. The number of hydrogen-bond acceptors (Lipinski definition) is 8. The van der Waals surface area contributed by atoms with Gasteiger partial charge in [0.15, 0.2) is 0 Å². The molecule has 0 amide bonds. The lowest BCUT2D eigenvalue weighted by atomic mass is 9.91. The highest BCUT2D eigenvalue weighted by Crippen LogP contribution is 2.22. The Balaban J connectivity index is 2.06. The molecule has 2 aromatic carbocycles. The second-order valence-electron chi connectivity index (χ2n) is 9.11. The summed E-state index contributed by atoms with van der Waals surface area (Å²) in [7, 11) is 0. The van der Waals surface area contributed by atoms with Crippen molar-refractivity contribution in [2.24, 2.45) is 5.73 Å². The molecule has 190 valence electrons. The monoisotopic (exact) mass is 485 g/mol. The fraction of sp³-hybridized carbons (Fsp3) is 0.444. The van der Waals surface area contributed by atoms with Crippen LogP contribution in [0.4, 0.5) is 0 Å². The molecular formula is C27H35NO7. The molecule has 0 aliphatic heterocycles. The smallest absolute Gasteiger partial charge is 0.338 e. The van der Waals surface area contributed by atoms with E-state index in [0.29, 0.717) is 30.9 Å². The maximum absolute atomic E-state index is 13.0. The minimum atomic E-state index is -2.02. The lowest BCUT2D eigenvalue weighted by molar-refractivity contribution is -0.172. The van der Waals surface area contributed by atoms with E-state index < -0.39 is 23.1 Å². The van der Waals surface area contributed by atoms with Crippen LogP contribution in [0.3, 0.4) is 0 Å². The van der Waals surface area contributed by atoms with Gasteiger partial charge in [0.2, 0.25) is 5.54 Å². The van der Waals surface area contributed by atoms with Crippen molar-refractivity contribution in [2.45, 2.75) is 64.7 Å². The van der Waals surface area contributed by atoms with Crippen molar-refractivity contribution in [3.63, 3.8) is 0 Å². The van der Waals surface area contributed by atoms with Gasteiger partial charge in [-0.05, 0) is 57.4 Å². The minimum absolute atomic E-state index is 0.0139.